The van der Waals surface area contributed by atoms with Crippen LogP contribution in [0.5, 0.6) is 0 Å². The molecule has 0 heterocycles. The van der Waals surface area contributed by atoms with Crippen LogP contribution in [0.2, 0.25) is 0 Å². The van der Waals surface area contributed by atoms with E-state index in [-0.39, 0.29) is 30.4 Å². The molecule has 0 spiro atoms. The van der Waals surface area contributed by atoms with Crippen molar-refractivity contribution in [1.82, 2.24) is 0 Å². The number of carbonyl (C=O) groups is 1. The Kier molecular flexibility index (Phi) is 49.8. The number of hydrogen-bond donors (Lipinski definition) is 1. The summed E-state index contributed by atoms with van der Waals surface area (Å²) in [6, 6.07) is 0. The monoisotopic (exact) mass is 170 g/mol. The molecule has 8 heavy (non-hydrogen) atoms. The molecule has 0 aromatic rings. The first-order valence-corrected chi connectivity index (χ1v) is 1.12. The molecule has 4 nitrogen and oxygen atoms in total. The number of carboxylic acids is 1. The van der Waals surface area contributed by atoms with Gasteiger partial charge in [-0.15, -0.1) is 0 Å². The number of carboxylic acid groups (broad SMARTS) is 1. The second-order valence-corrected chi connectivity index (χ2v) is 0.542. The van der Waals surface area contributed by atoms with Crippen molar-refractivity contribution in [2.75, 3.05) is 0 Å². The molecule has 0 aliphatic rings. The summed E-state index contributed by atoms with van der Waals surface area (Å²) in [5, 5.41) is 7.60. The maximum absolute atomic E-state index is 9.25. The molecule has 0 aromatic heterocycles. The Morgan fingerprint density at radius 1 is 1.50 bits per heavy atom. The first kappa shape index (κ1) is 25.1. The van der Waals surface area contributed by atoms with Crippen LogP contribution in [-0.2, 0) is 24.3 Å². The minimum absolute atomic E-state index is 0. The number of hydrogen-bond acceptors (Lipinski definition) is 3. The summed E-state index contributed by atoms with van der Waals surface area (Å²) in [5.41, 5.74) is 0. The van der Waals surface area contributed by atoms with Gasteiger partial charge in [0.15, 0.2) is 0 Å². The molecular formula is C3H6O4Zn. The summed E-state index contributed by atoms with van der Waals surface area (Å²) in [5.74, 6) is -0.981. The Bertz CT molecular complexity index is 62.3. The van der Waals surface area contributed by atoms with E-state index in [0.29, 0.717) is 0 Å². The number of aliphatic carboxylic acids is 1. The van der Waals surface area contributed by atoms with Crippen molar-refractivity contribution >= 4 is 5.97 Å². The molecule has 0 radical (unpaired) electrons. The predicted molar refractivity (Wildman–Crippen MR) is 21.7 cm³/mol. The summed E-state index contributed by atoms with van der Waals surface area (Å²) in [6.07, 6.45) is 0.833. The Hall–Kier alpha value is -0.247. The summed E-state index contributed by atoms with van der Waals surface area (Å²) in [7, 11) is 0. The normalized spacial score (nSPS) is 4.00. The van der Waals surface area contributed by atoms with Gasteiger partial charge in [-0.05, 0) is 0 Å². The van der Waals surface area contributed by atoms with Gasteiger partial charge in [-0.2, -0.15) is 0 Å². The molecule has 0 rings (SSSR count). The maximum Gasteiger partial charge on any atom is 2.00 e. The molecule has 0 fully saturated rings. The van der Waals surface area contributed by atoms with Gasteiger partial charge in [0, 0.05) is 6.08 Å². The van der Waals surface area contributed by atoms with Gasteiger partial charge < -0.3 is 16.1 Å². The van der Waals surface area contributed by atoms with Crippen molar-refractivity contribution in [3.8, 4) is 0 Å². The van der Waals surface area contributed by atoms with Gasteiger partial charge in [0.25, 0.3) is 0 Å². The maximum atomic E-state index is 9.25. The third-order valence-electron chi connectivity index (χ3n) is 0.175. The van der Waals surface area contributed by atoms with E-state index >= 15 is 0 Å². The van der Waals surface area contributed by atoms with Gasteiger partial charge >= 0.3 is 25.4 Å². The van der Waals surface area contributed by atoms with Crippen molar-refractivity contribution in [3.05, 3.63) is 12.7 Å². The predicted octanol–water partition coefficient (Wildman–Crippen LogP) is -0.0991. The van der Waals surface area contributed by atoms with E-state index in [9.17, 15) is 4.79 Å². The molecular weight excluding hydrogens is 165 g/mol. The SMILES string of the molecule is C=CC(=O)O.[OH-].[OH-].[Zn+2]. The van der Waals surface area contributed by atoms with Crippen molar-refractivity contribution in [2.24, 2.45) is 0 Å². The van der Waals surface area contributed by atoms with E-state index in [2.05, 4.69) is 6.58 Å². The molecule has 0 aliphatic heterocycles. The van der Waals surface area contributed by atoms with E-state index in [1.807, 2.05) is 0 Å². The van der Waals surface area contributed by atoms with Crippen LogP contribution in [0.3, 0.4) is 0 Å². The summed E-state index contributed by atoms with van der Waals surface area (Å²) < 4.78 is 0. The molecule has 44 valence electrons. The average molecular weight is 171 g/mol. The van der Waals surface area contributed by atoms with E-state index in [1.54, 1.807) is 0 Å². The van der Waals surface area contributed by atoms with Gasteiger partial charge in [0.1, 0.15) is 0 Å². The van der Waals surface area contributed by atoms with Crippen LogP contribution in [0.1, 0.15) is 0 Å². The van der Waals surface area contributed by atoms with Crippen LogP contribution < -0.4 is 0 Å². The second kappa shape index (κ2) is 15.9. The topological polar surface area (TPSA) is 97.3 Å². The Morgan fingerprint density at radius 3 is 1.62 bits per heavy atom. The molecule has 0 saturated heterocycles. The fraction of sp³-hybridized carbons (Fsp3) is 0. The molecule has 0 aliphatic carbocycles. The number of rotatable bonds is 1. The first-order chi connectivity index (χ1) is 2.27. The van der Waals surface area contributed by atoms with Crippen LogP contribution in [0.25, 0.3) is 0 Å². The quantitative estimate of drug-likeness (QED) is 0.440. The molecule has 0 unspecified atom stereocenters. The van der Waals surface area contributed by atoms with E-state index in [0.717, 1.165) is 6.08 Å². The first-order valence-electron chi connectivity index (χ1n) is 1.12. The molecule has 0 atom stereocenters. The smallest absolute Gasteiger partial charge is 0.870 e. The summed E-state index contributed by atoms with van der Waals surface area (Å²) in [4.78, 5) is 9.25. The molecule has 0 saturated carbocycles. The van der Waals surface area contributed by atoms with E-state index in [1.165, 1.54) is 0 Å². The van der Waals surface area contributed by atoms with Crippen molar-refractivity contribution in [3.63, 3.8) is 0 Å². The fourth-order valence-corrected chi connectivity index (χ4v) is 0. The van der Waals surface area contributed by atoms with Gasteiger partial charge in [-0.3, -0.25) is 0 Å². The van der Waals surface area contributed by atoms with Crippen LogP contribution in [-0.4, -0.2) is 22.0 Å². The summed E-state index contributed by atoms with van der Waals surface area (Å²) >= 11 is 0. The van der Waals surface area contributed by atoms with Gasteiger partial charge in [-0.25, -0.2) is 4.79 Å². The standard InChI is InChI=1S/C3H4O2.2H2O.Zn/c1-2-3(4)5;;;/h2H,1H2,(H,4,5);2*1H2;/q;;;+2/p-2. The molecule has 5 heteroatoms. The third kappa shape index (κ3) is 42.3. The average Bonchev–Trinajstić information content (AvgIpc) is 1.38. The fourth-order valence-electron chi connectivity index (χ4n) is 0. The van der Waals surface area contributed by atoms with Crippen LogP contribution >= 0.6 is 0 Å². The Morgan fingerprint density at radius 2 is 1.62 bits per heavy atom. The van der Waals surface area contributed by atoms with Crippen molar-refractivity contribution in [2.45, 2.75) is 0 Å². The van der Waals surface area contributed by atoms with Crippen molar-refractivity contribution in [1.29, 1.82) is 0 Å². The largest absolute Gasteiger partial charge is 2.00 e. The van der Waals surface area contributed by atoms with Crippen molar-refractivity contribution < 1.29 is 40.3 Å². The third-order valence-corrected chi connectivity index (χ3v) is 0.175. The minimum Gasteiger partial charge on any atom is -0.870 e. The summed E-state index contributed by atoms with van der Waals surface area (Å²) in [6.45, 7) is 2.96. The van der Waals surface area contributed by atoms with Gasteiger partial charge in [-0.1, -0.05) is 6.58 Å². The minimum atomic E-state index is -0.981. The molecule has 0 aromatic carbocycles. The Balaban J connectivity index is -0.0000000267. The molecule has 0 amide bonds. The Labute approximate surface area is 59.6 Å². The zero-order valence-corrected chi connectivity index (χ0v) is 7.21. The molecule has 3 N–H and O–H groups in total. The van der Waals surface area contributed by atoms with Crippen LogP contribution in [0, 0.1) is 0 Å². The van der Waals surface area contributed by atoms with Gasteiger partial charge in [0.2, 0.25) is 0 Å². The molecule has 0 bridgehead atoms. The van der Waals surface area contributed by atoms with Crippen LogP contribution in [0.4, 0.5) is 0 Å². The zero-order chi connectivity index (χ0) is 4.28. The second-order valence-electron chi connectivity index (χ2n) is 0.542. The zero-order valence-electron chi connectivity index (χ0n) is 4.24. The van der Waals surface area contributed by atoms with E-state index < -0.39 is 5.97 Å². The van der Waals surface area contributed by atoms with Gasteiger partial charge in [0.05, 0.1) is 0 Å². The van der Waals surface area contributed by atoms with Crippen LogP contribution in [0.15, 0.2) is 12.7 Å². The van der Waals surface area contributed by atoms with E-state index in [4.69, 9.17) is 5.11 Å².